The summed E-state index contributed by atoms with van der Waals surface area (Å²) in [5.41, 5.74) is 2.83. The number of aliphatic imine (C=N–C) groups is 1. The second-order valence-electron chi connectivity index (χ2n) is 8.26. The standard InChI is InChI=1S/C22H35N5O.HI/c1-5-23-22(25-20-14-19(20)18-9-7-6-8-16(18)2)24-17-10-12-27(13-11-17)15-21(28)26(3)4;/h6-9,17,19-20H,5,10-15H2,1-4H3,(H2,23,24,25);1H. The maximum absolute atomic E-state index is 11.9. The van der Waals surface area contributed by atoms with E-state index in [1.54, 1.807) is 4.90 Å². The minimum Gasteiger partial charge on any atom is -0.354 e. The van der Waals surface area contributed by atoms with Gasteiger partial charge >= 0.3 is 0 Å². The van der Waals surface area contributed by atoms with E-state index in [9.17, 15) is 4.79 Å². The van der Waals surface area contributed by atoms with Crippen LogP contribution < -0.4 is 10.6 Å². The highest BCUT2D eigenvalue weighted by Crippen LogP contribution is 2.42. The lowest BCUT2D eigenvalue weighted by atomic mass is 10.0. The van der Waals surface area contributed by atoms with Crippen molar-refractivity contribution >= 4 is 35.8 Å². The molecule has 1 aromatic rings. The molecule has 0 spiro atoms. The highest BCUT2D eigenvalue weighted by molar-refractivity contribution is 14.0. The predicted octanol–water partition coefficient (Wildman–Crippen LogP) is 2.58. The Hall–Kier alpha value is -1.35. The summed E-state index contributed by atoms with van der Waals surface area (Å²) < 4.78 is 0. The molecule has 1 saturated carbocycles. The van der Waals surface area contributed by atoms with Crippen molar-refractivity contribution in [2.45, 2.75) is 51.1 Å². The monoisotopic (exact) mass is 513 g/mol. The van der Waals surface area contributed by atoms with Gasteiger partial charge in [-0.25, -0.2) is 0 Å². The average Bonchev–Trinajstić information content (AvgIpc) is 3.42. The van der Waals surface area contributed by atoms with E-state index in [0.29, 0.717) is 24.5 Å². The normalized spacial score (nSPS) is 22.6. The zero-order valence-electron chi connectivity index (χ0n) is 18.1. The molecular weight excluding hydrogens is 477 g/mol. The maximum atomic E-state index is 11.9. The number of nitrogens with one attached hydrogen (secondary N) is 2. The van der Waals surface area contributed by atoms with E-state index in [1.165, 1.54) is 17.5 Å². The van der Waals surface area contributed by atoms with Crippen molar-refractivity contribution in [3.05, 3.63) is 35.4 Å². The number of carbonyl (C=O) groups is 1. The smallest absolute Gasteiger partial charge is 0.236 e. The molecule has 162 valence electrons. The van der Waals surface area contributed by atoms with Gasteiger partial charge in [0, 0.05) is 51.7 Å². The molecule has 0 aromatic heterocycles. The first kappa shape index (κ1) is 23.9. The van der Waals surface area contributed by atoms with Crippen LogP contribution in [0.5, 0.6) is 0 Å². The fourth-order valence-electron chi connectivity index (χ4n) is 3.93. The van der Waals surface area contributed by atoms with Gasteiger partial charge in [-0.1, -0.05) is 24.3 Å². The first-order valence-corrected chi connectivity index (χ1v) is 10.5. The summed E-state index contributed by atoms with van der Waals surface area (Å²) in [7, 11) is 3.63. The molecule has 1 saturated heterocycles. The van der Waals surface area contributed by atoms with E-state index in [4.69, 9.17) is 0 Å². The highest BCUT2D eigenvalue weighted by Gasteiger charge is 2.40. The van der Waals surface area contributed by atoms with Gasteiger partial charge in [0.25, 0.3) is 0 Å². The highest BCUT2D eigenvalue weighted by atomic mass is 127. The van der Waals surface area contributed by atoms with Crippen molar-refractivity contribution in [3.63, 3.8) is 0 Å². The topological polar surface area (TPSA) is 60.0 Å². The Morgan fingerprint density at radius 3 is 2.52 bits per heavy atom. The Kier molecular flexibility index (Phi) is 9.20. The number of halogens is 1. The molecule has 2 aliphatic rings. The number of rotatable bonds is 6. The number of likely N-dealkylation sites (N-methyl/N-ethyl adjacent to an activating group) is 1. The largest absolute Gasteiger partial charge is 0.354 e. The van der Waals surface area contributed by atoms with Gasteiger partial charge in [-0.2, -0.15) is 0 Å². The van der Waals surface area contributed by atoms with E-state index in [1.807, 2.05) is 14.1 Å². The Labute approximate surface area is 192 Å². The van der Waals surface area contributed by atoms with Gasteiger partial charge in [-0.05, 0) is 44.2 Å². The summed E-state index contributed by atoms with van der Waals surface area (Å²) in [6.07, 6.45) is 3.24. The van der Waals surface area contributed by atoms with Crippen molar-refractivity contribution in [3.8, 4) is 0 Å². The van der Waals surface area contributed by atoms with Gasteiger partial charge in [0.1, 0.15) is 0 Å². The van der Waals surface area contributed by atoms with Crippen molar-refractivity contribution in [1.82, 2.24) is 20.4 Å². The first-order chi connectivity index (χ1) is 13.5. The van der Waals surface area contributed by atoms with Crippen molar-refractivity contribution in [2.24, 2.45) is 4.99 Å². The lowest BCUT2D eigenvalue weighted by Gasteiger charge is -2.33. The van der Waals surface area contributed by atoms with Crippen molar-refractivity contribution < 1.29 is 4.79 Å². The summed E-state index contributed by atoms with van der Waals surface area (Å²) in [6, 6.07) is 9.56. The molecule has 0 radical (unpaired) electrons. The lowest BCUT2D eigenvalue weighted by Crippen LogP contribution is -2.50. The zero-order valence-corrected chi connectivity index (χ0v) is 20.5. The van der Waals surface area contributed by atoms with Crippen LogP contribution in [0.15, 0.2) is 29.3 Å². The van der Waals surface area contributed by atoms with Crippen LogP contribution in [-0.2, 0) is 4.79 Å². The van der Waals surface area contributed by atoms with Crippen LogP contribution in [0.1, 0.15) is 43.2 Å². The Balaban J connectivity index is 0.00000300. The number of carbonyl (C=O) groups excluding carboxylic acids is 1. The van der Waals surface area contributed by atoms with Crippen LogP contribution in [0, 0.1) is 6.92 Å². The fourth-order valence-corrected chi connectivity index (χ4v) is 3.93. The fraction of sp³-hybridized carbons (Fsp3) is 0.636. The van der Waals surface area contributed by atoms with Crippen LogP contribution in [0.25, 0.3) is 0 Å². The van der Waals surface area contributed by atoms with E-state index >= 15 is 0 Å². The second kappa shape index (κ2) is 11.2. The summed E-state index contributed by atoms with van der Waals surface area (Å²) in [4.78, 5) is 20.5. The summed E-state index contributed by atoms with van der Waals surface area (Å²) in [5, 5.41) is 7.27. The van der Waals surface area contributed by atoms with Gasteiger partial charge in [0.05, 0.1) is 6.54 Å². The lowest BCUT2D eigenvalue weighted by molar-refractivity contribution is -0.130. The van der Waals surface area contributed by atoms with E-state index in [2.05, 4.69) is 58.6 Å². The molecule has 2 atom stereocenters. The minimum atomic E-state index is 0. The van der Waals surface area contributed by atoms with Gasteiger partial charge in [-0.15, -0.1) is 24.0 Å². The van der Waals surface area contributed by atoms with Crippen LogP contribution >= 0.6 is 24.0 Å². The van der Waals surface area contributed by atoms with Gasteiger partial charge in [0.15, 0.2) is 5.96 Å². The molecule has 1 aromatic carbocycles. The number of piperidine rings is 1. The second-order valence-corrected chi connectivity index (χ2v) is 8.26. The molecule has 6 nitrogen and oxygen atoms in total. The molecule has 3 rings (SSSR count). The van der Waals surface area contributed by atoms with E-state index in [0.717, 1.165) is 38.4 Å². The average molecular weight is 513 g/mol. The quantitative estimate of drug-likeness (QED) is 0.349. The third-order valence-corrected chi connectivity index (χ3v) is 5.80. The van der Waals surface area contributed by atoms with Crippen molar-refractivity contribution in [2.75, 3.05) is 40.3 Å². The maximum Gasteiger partial charge on any atom is 0.236 e. The number of benzene rings is 1. The summed E-state index contributed by atoms with van der Waals surface area (Å²) >= 11 is 0. The number of hydrogen-bond acceptors (Lipinski definition) is 3. The molecule has 2 fully saturated rings. The molecule has 2 N–H and O–H groups in total. The number of nitrogens with zero attached hydrogens (tertiary/aromatic N) is 3. The summed E-state index contributed by atoms with van der Waals surface area (Å²) in [6.45, 7) is 7.46. The molecular formula is C22H36IN5O. The number of amides is 1. The van der Waals surface area contributed by atoms with E-state index < -0.39 is 0 Å². The van der Waals surface area contributed by atoms with Crippen LogP contribution in [-0.4, -0.2) is 74.0 Å². The van der Waals surface area contributed by atoms with Gasteiger partial charge in [0.2, 0.25) is 5.91 Å². The Morgan fingerprint density at radius 2 is 1.90 bits per heavy atom. The number of aryl methyl sites for hydroxylation is 1. The van der Waals surface area contributed by atoms with Crippen LogP contribution in [0.4, 0.5) is 0 Å². The predicted molar refractivity (Wildman–Crippen MR) is 130 cm³/mol. The third-order valence-electron chi connectivity index (χ3n) is 5.80. The zero-order chi connectivity index (χ0) is 20.1. The van der Waals surface area contributed by atoms with Gasteiger partial charge < -0.3 is 15.5 Å². The minimum absolute atomic E-state index is 0. The molecule has 1 aliphatic heterocycles. The van der Waals surface area contributed by atoms with Crippen LogP contribution in [0.2, 0.25) is 0 Å². The number of guanidine groups is 1. The molecule has 1 aliphatic carbocycles. The Bertz CT molecular complexity index is 700. The Morgan fingerprint density at radius 1 is 1.21 bits per heavy atom. The number of hydrogen-bond donors (Lipinski definition) is 2. The van der Waals surface area contributed by atoms with Crippen molar-refractivity contribution in [1.29, 1.82) is 0 Å². The SMILES string of the molecule is CCN=C(NC1CCN(CC(=O)N(C)C)CC1)NC1CC1c1ccccc1C.I. The van der Waals surface area contributed by atoms with Gasteiger partial charge in [-0.3, -0.25) is 14.7 Å². The van der Waals surface area contributed by atoms with E-state index in [-0.39, 0.29) is 29.9 Å². The third kappa shape index (κ3) is 6.84. The molecule has 29 heavy (non-hydrogen) atoms. The molecule has 2 unspecified atom stereocenters. The molecule has 7 heteroatoms. The summed E-state index contributed by atoms with van der Waals surface area (Å²) in [5.74, 6) is 1.70. The number of likely N-dealkylation sites (tertiary alicyclic amines) is 1. The molecule has 0 bridgehead atoms. The van der Waals surface area contributed by atoms with Crippen LogP contribution in [0.3, 0.4) is 0 Å². The first-order valence-electron chi connectivity index (χ1n) is 10.5. The molecule has 1 amide bonds. The molecule has 1 heterocycles.